The van der Waals surface area contributed by atoms with E-state index in [4.69, 9.17) is 4.98 Å². The molecule has 2 aliphatic rings. The number of nitrogens with one attached hydrogen (secondary N) is 1. The quantitative estimate of drug-likeness (QED) is 0.842. The molecule has 3 rings (SSSR count). The highest BCUT2D eigenvalue weighted by Gasteiger charge is 2.33. The Bertz CT molecular complexity index is 489. The lowest BCUT2D eigenvalue weighted by Gasteiger charge is -2.27. The maximum atomic E-state index is 9.67. The van der Waals surface area contributed by atoms with Gasteiger partial charge in [-0.2, -0.15) is 0 Å². The molecule has 116 valence electrons. The van der Waals surface area contributed by atoms with Crippen LogP contribution in [0.25, 0.3) is 0 Å². The van der Waals surface area contributed by atoms with Crippen molar-refractivity contribution in [1.82, 2.24) is 9.97 Å². The number of hydrogen-bond donors (Lipinski definition) is 2. The van der Waals surface area contributed by atoms with Gasteiger partial charge in [0.2, 0.25) is 0 Å². The van der Waals surface area contributed by atoms with Crippen molar-refractivity contribution in [2.24, 2.45) is 5.92 Å². The van der Waals surface area contributed by atoms with E-state index in [0.29, 0.717) is 11.8 Å². The van der Waals surface area contributed by atoms with E-state index in [2.05, 4.69) is 29.0 Å². The highest BCUT2D eigenvalue weighted by atomic mass is 16.3. The summed E-state index contributed by atoms with van der Waals surface area (Å²) in [7, 11) is 0. The lowest BCUT2D eigenvalue weighted by atomic mass is 10.0. The number of aliphatic hydroxyl groups excluding tert-OH is 1. The summed E-state index contributed by atoms with van der Waals surface area (Å²) < 4.78 is 0. The Morgan fingerprint density at radius 3 is 2.81 bits per heavy atom. The second kappa shape index (κ2) is 6.18. The smallest absolute Gasteiger partial charge is 0.136 e. The molecular weight excluding hydrogens is 264 g/mol. The molecule has 0 amide bonds. The molecule has 1 aromatic heterocycles. The fraction of sp³-hybridized carbons (Fsp3) is 0.750. The highest BCUT2D eigenvalue weighted by molar-refractivity contribution is 5.51. The Labute approximate surface area is 126 Å². The molecule has 0 aromatic carbocycles. The van der Waals surface area contributed by atoms with Crippen LogP contribution < -0.4 is 10.2 Å². The van der Waals surface area contributed by atoms with E-state index < -0.39 is 0 Å². The van der Waals surface area contributed by atoms with Crippen molar-refractivity contribution in [1.29, 1.82) is 0 Å². The third-order valence-corrected chi connectivity index (χ3v) is 4.59. The molecule has 0 bridgehead atoms. The topological polar surface area (TPSA) is 61.3 Å². The van der Waals surface area contributed by atoms with Gasteiger partial charge in [0, 0.05) is 25.1 Å². The number of aliphatic hydroxyl groups is 1. The minimum absolute atomic E-state index is 0.186. The van der Waals surface area contributed by atoms with Crippen molar-refractivity contribution >= 4 is 11.6 Å². The van der Waals surface area contributed by atoms with E-state index >= 15 is 0 Å². The van der Waals surface area contributed by atoms with Crippen LogP contribution in [0.5, 0.6) is 0 Å². The first-order valence-corrected chi connectivity index (χ1v) is 8.23. The second-order valence-corrected chi connectivity index (χ2v) is 6.38. The Kier molecular flexibility index (Phi) is 4.29. The van der Waals surface area contributed by atoms with E-state index in [1.165, 1.54) is 12.8 Å². The molecule has 0 radical (unpaired) electrons. The van der Waals surface area contributed by atoms with Crippen LogP contribution in [-0.4, -0.2) is 40.8 Å². The van der Waals surface area contributed by atoms with Crippen LogP contribution in [-0.2, 0) is 0 Å². The molecule has 1 saturated heterocycles. The van der Waals surface area contributed by atoms with Crippen LogP contribution >= 0.6 is 0 Å². The first kappa shape index (κ1) is 14.6. The summed E-state index contributed by atoms with van der Waals surface area (Å²) in [5.41, 5.74) is 0. The van der Waals surface area contributed by atoms with Crippen molar-refractivity contribution in [3.63, 3.8) is 0 Å². The third kappa shape index (κ3) is 3.12. The SMILES string of the molecule is CCCNc1cc(N2CCC(C)C2CO)nc(C2CC2)n1. The molecule has 2 fully saturated rings. The van der Waals surface area contributed by atoms with Crippen LogP contribution in [0.4, 0.5) is 11.6 Å². The molecule has 0 spiro atoms. The van der Waals surface area contributed by atoms with Crippen molar-refractivity contribution in [3.05, 3.63) is 11.9 Å². The maximum Gasteiger partial charge on any atom is 0.136 e. The van der Waals surface area contributed by atoms with Gasteiger partial charge in [-0.25, -0.2) is 9.97 Å². The predicted octanol–water partition coefficient (Wildman–Crippen LogP) is 2.38. The largest absolute Gasteiger partial charge is 0.394 e. The Morgan fingerprint density at radius 1 is 1.33 bits per heavy atom. The summed E-state index contributed by atoms with van der Waals surface area (Å²) in [6, 6.07) is 2.23. The zero-order chi connectivity index (χ0) is 14.8. The van der Waals surface area contributed by atoms with Crippen molar-refractivity contribution < 1.29 is 5.11 Å². The number of rotatable bonds is 6. The summed E-state index contributed by atoms with van der Waals surface area (Å²) in [5, 5.41) is 13.1. The average molecular weight is 290 g/mol. The summed E-state index contributed by atoms with van der Waals surface area (Å²) >= 11 is 0. The minimum Gasteiger partial charge on any atom is -0.394 e. The monoisotopic (exact) mass is 290 g/mol. The first-order chi connectivity index (χ1) is 10.2. The van der Waals surface area contributed by atoms with Gasteiger partial charge >= 0.3 is 0 Å². The van der Waals surface area contributed by atoms with E-state index in [0.717, 1.165) is 43.4 Å². The summed E-state index contributed by atoms with van der Waals surface area (Å²) in [5.74, 6) is 3.94. The fourth-order valence-corrected chi connectivity index (χ4v) is 3.04. The van der Waals surface area contributed by atoms with Gasteiger partial charge in [0.05, 0.1) is 12.6 Å². The van der Waals surface area contributed by atoms with Gasteiger partial charge < -0.3 is 15.3 Å². The summed E-state index contributed by atoms with van der Waals surface area (Å²) in [6.45, 7) is 6.46. The molecule has 5 heteroatoms. The van der Waals surface area contributed by atoms with Gasteiger partial charge in [0.15, 0.2) is 0 Å². The average Bonchev–Trinajstić information content (AvgIpc) is 3.28. The van der Waals surface area contributed by atoms with Gasteiger partial charge in [-0.05, 0) is 31.6 Å². The number of anilines is 2. The first-order valence-electron chi connectivity index (χ1n) is 8.23. The molecule has 5 nitrogen and oxygen atoms in total. The van der Waals surface area contributed by atoms with Crippen molar-refractivity contribution in [2.45, 2.75) is 51.5 Å². The summed E-state index contributed by atoms with van der Waals surface area (Å²) in [4.78, 5) is 11.7. The number of hydrogen-bond acceptors (Lipinski definition) is 5. The Balaban J connectivity index is 1.87. The van der Waals surface area contributed by atoms with Crippen LogP contribution in [0.15, 0.2) is 6.07 Å². The molecule has 21 heavy (non-hydrogen) atoms. The second-order valence-electron chi connectivity index (χ2n) is 6.38. The number of nitrogens with zero attached hydrogens (tertiary/aromatic N) is 3. The lowest BCUT2D eigenvalue weighted by Crippen LogP contribution is -2.36. The molecule has 1 saturated carbocycles. The molecule has 1 aliphatic heterocycles. The van der Waals surface area contributed by atoms with Crippen LogP contribution in [0.3, 0.4) is 0 Å². The molecule has 2 atom stereocenters. The molecule has 1 aliphatic carbocycles. The van der Waals surface area contributed by atoms with E-state index in [9.17, 15) is 5.11 Å². The predicted molar refractivity (Wildman–Crippen MR) is 84.8 cm³/mol. The Morgan fingerprint density at radius 2 is 2.14 bits per heavy atom. The standard InChI is InChI=1S/C16H26N4O/c1-3-7-17-14-9-15(19-16(18-14)12-4-5-12)20-8-6-11(2)13(20)10-21/h9,11-13,21H,3-8,10H2,1-2H3,(H,17,18,19). The van der Waals surface area contributed by atoms with E-state index in [1.807, 2.05) is 6.07 Å². The highest BCUT2D eigenvalue weighted by Crippen LogP contribution is 2.40. The normalized spacial score (nSPS) is 25.4. The van der Waals surface area contributed by atoms with E-state index in [-0.39, 0.29) is 12.6 Å². The fourth-order valence-electron chi connectivity index (χ4n) is 3.04. The van der Waals surface area contributed by atoms with Gasteiger partial charge in [-0.3, -0.25) is 0 Å². The molecule has 2 unspecified atom stereocenters. The van der Waals surface area contributed by atoms with E-state index in [1.54, 1.807) is 0 Å². The van der Waals surface area contributed by atoms with Gasteiger partial charge in [-0.1, -0.05) is 13.8 Å². The van der Waals surface area contributed by atoms with Gasteiger partial charge in [0.25, 0.3) is 0 Å². The van der Waals surface area contributed by atoms with Crippen LogP contribution in [0, 0.1) is 5.92 Å². The third-order valence-electron chi connectivity index (χ3n) is 4.59. The zero-order valence-electron chi connectivity index (χ0n) is 13.0. The molecule has 2 heterocycles. The minimum atomic E-state index is 0.186. The van der Waals surface area contributed by atoms with Crippen molar-refractivity contribution in [3.8, 4) is 0 Å². The zero-order valence-corrected chi connectivity index (χ0v) is 13.0. The van der Waals surface area contributed by atoms with Gasteiger partial charge in [0.1, 0.15) is 17.5 Å². The maximum absolute atomic E-state index is 9.67. The molecular formula is C16H26N4O. The lowest BCUT2D eigenvalue weighted by molar-refractivity contribution is 0.244. The number of aromatic nitrogens is 2. The van der Waals surface area contributed by atoms with Gasteiger partial charge in [-0.15, -0.1) is 0 Å². The Hall–Kier alpha value is -1.36. The summed E-state index contributed by atoms with van der Waals surface area (Å²) in [6.07, 6.45) is 4.61. The van der Waals surface area contributed by atoms with Crippen LogP contribution in [0.2, 0.25) is 0 Å². The molecule has 1 aromatic rings. The molecule has 2 N–H and O–H groups in total. The van der Waals surface area contributed by atoms with Crippen LogP contribution in [0.1, 0.15) is 51.3 Å². The van der Waals surface area contributed by atoms with Crippen molar-refractivity contribution in [2.75, 3.05) is 29.9 Å².